The van der Waals surface area contributed by atoms with E-state index in [2.05, 4.69) is 32.2 Å². The molecule has 0 bridgehead atoms. The zero-order valence-electron chi connectivity index (χ0n) is 16.4. The molecule has 3 aromatic rings. The molecule has 0 saturated carbocycles. The quantitative estimate of drug-likeness (QED) is 0.557. The Labute approximate surface area is 166 Å². The van der Waals surface area contributed by atoms with Crippen molar-refractivity contribution >= 4 is 11.6 Å². The van der Waals surface area contributed by atoms with Crippen molar-refractivity contribution in [1.82, 2.24) is 0 Å². The van der Waals surface area contributed by atoms with E-state index in [1.54, 1.807) is 12.1 Å². The monoisotopic (exact) mass is 375 g/mol. The van der Waals surface area contributed by atoms with Crippen LogP contribution in [0.1, 0.15) is 30.9 Å². The summed E-state index contributed by atoms with van der Waals surface area (Å²) in [5.41, 5.74) is 3.15. The lowest BCUT2D eigenvalue weighted by molar-refractivity contribution is -0.118. The van der Waals surface area contributed by atoms with Gasteiger partial charge in [-0.05, 0) is 72.5 Å². The molecular formula is C24H25NO3. The first kappa shape index (κ1) is 19.5. The molecule has 4 heteroatoms. The van der Waals surface area contributed by atoms with Gasteiger partial charge >= 0.3 is 0 Å². The zero-order valence-corrected chi connectivity index (χ0v) is 16.4. The van der Waals surface area contributed by atoms with Crippen molar-refractivity contribution < 1.29 is 14.3 Å². The summed E-state index contributed by atoms with van der Waals surface area (Å²) < 4.78 is 11.4. The van der Waals surface area contributed by atoms with Crippen molar-refractivity contribution in [2.45, 2.75) is 26.7 Å². The number of hydrogen-bond donors (Lipinski definition) is 1. The SMILES string of the molecule is Cc1cc(OCC(=O)Nc2ccc(Oc3ccccc3)cc2)ccc1C(C)C. The van der Waals surface area contributed by atoms with Crippen molar-refractivity contribution in [3.8, 4) is 17.2 Å². The number of amides is 1. The van der Waals surface area contributed by atoms with E-state index in [0.717, 1.165) is 5.75 Å². The molecule has 0 aliphatic carbocycles. The summed E-state index contributed by atoms with van der Waals surface area (Å²) in [7, 11) is 0. The van der Waals surface area contributed by atoms with Crippen LogP contribution in [0.3, 0.4) is 0 Å². The van der Waals surface area contributed by atoms with Gasteiger partial charge in [-0.25, -0.2) is 0 Å². The van der Waals surface area contributed by atoms with Gasteiger partial charge in [0.15, 0.2) is 6.61 Å². The van der Waals surface area contributed by atoms with Gasteiger partial charge in [-0.3, -0.25) is 4.79 Å². The van der Waals surface area contributed by atoms with E-state index in [0.29, 0.717) is 23.1 Å². The average Bonchev–Trinajstić information content (AvgIpc) is 2.68. The molecule has 0 fully saturated rings. The summed E-state index contributed by atoms with van der Waals surface area (Å²) in [6.45, 7) is 6.34. The fourth-order valence-electron chi connectivity index (χ4n) is 2.96. The number of carbonyl (C=O) groups excluding carboxylic acids is 1. The highest BCUT2D eigenvalue weighted by Gasteiger charge is 2.07. The number of nitrogens with one attached hydrogen (secondary N) is 1. The first-order chi connectivity index (χ1) is 13.5. The van der Waals surface area contributed by atoms with Crippen LogP contribution in [0.2, 0.25) is 0 Å². The molecule has 0 aliphatic heterocycles. The molecule has 3 rings (SSSR count). The van der Waals surface area contributed by atoms with Gasteiger partial charge in [0.25, 0.3) is 5.91 Å². The molecule has 4 nitrogen and oxygen atoms in total. The second-order valence-electron chi connectivity index (χ2n) is 6.95. The van der Waals surface area contributed by atoms with Crippen molar-refractivity contribution in [2.24, 2.45) is 0 Å². The van der Waals surface area contributed by atoms with E-state index < -0.39 is 0 Å². The molecule has 1 amide bonds. The van der Waals surface area contributed by atoms with Gasteiger partial charge in [0, 0.05) is 5.69 Å². The van der Waals surface area contributed by atoms with E-state index in [1.165, 1.54) is 11.1 Å². The first-order valence-corrected chi connectivity index (χ1v) is 9.37. The molecule has 0 heterocycles. The molecule has 0 aromatic heterocycles. The summed E-state index contributed by atoms with van der Waals surface area (Å²) >= 11 is 0. The summed E-state index contributed by atoms with van der Waals surface area (Å²) in [4.78, 5) is 12.2. The summed E-state index contributed by atoms with van der Waals surface area (Å²) in [6.07, 6.45) is 0. The smallest absolute Gasteiger partial charge is 0.262 e. The van der Waals surface area contributed by atoms with E-state index in [9.17, 15) is 4.79 Å². The van der Waals surface area contributed by atoms with Gasteiger partial charge in [0.1, 0.15) is 17.2 Å². The second-order valence-corrected chi connectivity index (χ2v) is 6.95. The fourth-order valence-corrected chi connectivity index (χ4v) is 2.96. The highest BCUT2D eigenvalue weighted by atomic mass is 16.5. The minimum Gasteiger partial charge on any atom is -0.484 e. The summed E-state index contributed by atoms with van der Waals surface area (Å²) in [5.74, 6) is 2.43. The molecule has 144 valence electrons. The third kappa shape index (κ3) is 5.36. The van der Waals surface area contributed by atoms with Gasteiger partial charge < -0.3 is 14.8 Å². The predicted octanol–water partition coefficient (Wildman–Crippen LogP) is 5.93. The number of para-hydroxylation sites is 1. The van der Waals surface area contributed by atoms with Crippen LogP contribution >= 0.6 is 0 Å². The van der Waals surface area contributed by atoms with Gasteiger partial charge in [-0.15, -0.1) is 0 Å². The lowest BCUT2D eigenvalue weighted by Crippen LogP contribution is -2.20. The number of carbonyl (C=O) groups is 1. The molecule has 28 heavy (non-hydrogen) atoms. The van der Waals surface area contributed by atoms with Gasteiger partial charge in [-0.1, -0.05) is 38.1 Å². The minimum atomic E-state index is -0.206. The molecule has 3 aromatic carbocycles. The van der Waals surface area contributed by atoms with Crippen LogP contribution in [-0.2, 0) is 4.79 Å². The number of benzene rings is 3. The molecule has 1 N–H and O–H groups in total. The van der Waals surface area contributed by atoms with E-state index in [4.69, 9.17) is 9.47 Å². The summed E-state index contributed by atoms with van der Waals surface area (Å²) in [6, 6.07) is 22.7. The summed E-state index contributed by atoms with van der Waals surface area (Å²) in [5, 5.41) is 2.83. The maximum atomic E-state index is 12.2. The highest BCUT2D eigenvalue weighted by Crippen LogP contribution is 2.24. The molecule has 0 spiro atoms. The van der Waals surface area contributed by atoms with Crippen LogP contribution < -0.4 is 14.8 Å². The van der Waals surface area contributed by atoms with Crippen LogP contribution in [-0.4, -0.2) is 12.5 Å². The minimum absolute atomic E-state index is 0.0390. The lowest BCUT2D eigenvalue weighted by atomic mass is 9.98. The third-order valence-electron chi connectivity index (χ3n) is 4.35. The van der Waals surface area contributed by atoms with Crippen molar-refractivity contribution in [2.75, 3.05) is 11.9 Å². The molecule has 0 aliphatic rings. The van der Waals surface area contributed by atoms with Crippen LogP contribution in [0.25, 0.3) is 0 Å². The Hall–Kier alpha value is -3.27. The predicted molar refractivity (Wildman–Crippen MR) is 112 cm³/mol. The topological polar surface area (TPSA) is 47.6 Å². The molecule has 0 unspecified atom stereocenters. The average molecular weight is 375 g/mol. The Kier molecular flexibility index (Phi) is 6.33. The zero-order chi connectivity index (χ0) is 19.9. The Bertz CT molecular complexity index is 918. The fraction of sp³-hybridized carbons (Fsp3) is 0.208. The third-order valence-corrected chi connectivity index (χ3v) is 4.35. The standard InChI is InChI=1S/C24H25NO3/c1-17(2)23-14-13-22(15-18(23)3)27-16-24(26)25-19-9-11-21(12-10-19)28-20-7-5-4-6-8-20/h4-15,17H,16H2,1-3H3,(H,25,26). The van der Waals surface area contributed by atoms with Gasteiger partial charge in [0.2, 0.25) is 0 Å². The lowest BCUT2D eigenvalue weighted by Gasteiger charge is -2.12. The number of anilines is 1. The van der Waals surface area contributed by atoms with Crippen LogP contribution in [0.15, 0.2) is 72.8 Å². The van der Waals surface area contributed by atoms with E-state index in [1.807, 2.05) is 54.6 Å². The van der Waals surface area contributed by atoms with Gasteiger partial charge in [0.05, 0.1) is 0 Å². The Morgan fingerprint density at radius 3 is 2.18 bits per heavy atom. The molecular weight excluding hydrogens is 350 g/mol. The molecule has 0 atom stereocenters. The van der Waals surface area contributed by atoms with Crippen molar-refractivity contribution in [1.29, 1.82) is 0 Å². The maximum Gasteiger partial charge on any atom is 0.262 e. The van der Waals surface area contributed by atoms with Crippen LogP contribution in [0.5, 0.6) is 17.2 Å². The largest absolute Gasteiger partial charge is 0.484 e. The van der Waals surface area contributed by atoms with E-state index in [-0.39, 0.29) is 12.5 Å². The normalized spacial score (nSPS) is 10.6. The van der Waals surface area contributed by atoms with Crippen LogP contribution in [0.4, 0.5) is 5.69 Å². The van der Waals surface area contributed by atoms with Crippen molar-refractivity contribution in [3.05, 3.63) is 83.9 Å². The van der Waals surface area contributed by atoms with Crippen LogP contribution in [0, 0.1) is 6.92 Å². The highest BCUT2D eigenvalue weighted by molar-refractivity contribution is 5.91. The Morgan fingerprint density at radius 2 is 1.54 bits per heavy atom. The Balaban J connectivity index is 1.51. The molecule has 0 radical (unpaired) electrons. The number of hydrogen-bond acceptors (Lipinski definition) is 3. The number of ether oxygens (including phenoxy) is 2. The number of rotatable bonds is 7. The maximum absolute atomic E-state index is 12.2. The first-order valence-electron chi connectivity index (χ1n) is 9.37. The Morgan fingerprint density at radius 1 is 0.893 bits per heavy atom. The van der Waals surface area contributed by atoms with Crippen molar-refractivity contribution in [3.63, 3.8) is 0 Å². The second kappa shape index (κ2) is 9.09. The van der Waals surface area contributed by atoms with E-state index >= 15 is 0 Å². The van der Waals surface area contributed by atoms with Gasteiger partial charge in [-0.2, -0.15) is 0 Å². The number of aryl methyl sites for hydroxylation is 1. The molecule has 0 saturated heterocycles.